The second kappa shape index (κ2) is 8.04. The molecule has 1 atom stereocenters. The first-order valence-corrected chi connectivity index (χ1v) is 9.15. The van der Waals surface area contributed by atoms with Gasteiger partial charge in [-0.2, -0.15) is 0 Å². The van der Waals surface area contributed by atoms with Gasteiger partial charge in [-0.3, -0.25) is 4.79 Å². The van der Waals surface area contributed by atoms with Crippen LogP contribution in [0.5, 0.6) is 0 Å². The molecule has 0 aliphatic heterocycles. The number of carbonyl (C=O) groups is 1. The molecule has 3 heteroatoms. The highest BCUT2D eigenvalue weighted by Crippen LogP contribution is 2.34. The molecule has 0 heterocycles. The van der Waals surface area contributed by atoms with Crippen molar-refractivity contribution in [1.29, 1.82) is 0 Å². The summed E-state index contributed by atoms with van der Waals surface area (Å²) in [6.07, 6.45) is 0. The standard InChI is InChI=1S/C22H21NOS/c1-16-13-17(2)15-20(14-16)25-22(19-11-7-4-8-12-19)23-21(24)18-9-5-3-6-10-18/h3-15,22H,1-2H3,(H,23,24)/t22-/m0/s1. The number of benzene rings is 3. The second-order valence-electron chi connectivity index (χ2n) is 6.07. The summed E-state index contributed by atoms with van der Waals surface area (Å²) in [5, 5.41) is 3.02. The van der Waals surface area contributed by atoms with Crippen LogP contribution in [0, 0.1) is 13.8 Å². The minimum Gasteiger partial charge on any atom is -0.336 e. The molecular weight excluding hydrogens is 326 g/mol. The Balaban J connectivity index is 1.86. The summed E-state index contributed by atoms with van der Waals surface area (Å²) in [6, 6.07) is 25.9. The first kappa shape index (κ1) is 17.3. The van der Waals surface area contributed by atoms with Gasteiger partial charge in [-0.1, -0.05) is 66.4 Å². The molecule has 0 saturated heterocycles. The number of thioether (sulfide) groups is 1. The van der Waals surface area contributed by atoms with Gasteiger partial charge in [0.1, 0.15) is 5.37 Å². The third-order valence-electron chi connectivity index (χ3n) is 3.85. The molecule has 0 radical (unpaired) electrons. The van der Waals surface area contributed by atoms with Gasteiger partial charge in [-0.25, -0.2) is 0 Å². The van der Waals surface area contributed by atoms with Crippen molar-refractivity contribution < 1.29 is 4.79 Å². The van der Waals surface area contributed by atoms with Gasteiger partial charge >= 0.3 is 0 Å². The van der Waals surface area contributed by atoms with Gasteiger partial charge in [0.05, 0.1) is 0 Å². The van der Waals surface area contributed by atoms with Gasteiger partial charge in [-0.15, -0.1) is 0 Å². The molecule has 3 aromatic carbocycles. The molecule has 0 aromatic heterocycles. The lowest BCUT2D eigenvalue weighted by molar-refractivity contribution is 0.0949. The average Bonchev–Trinajstić information content (AvgIpc) is 2.62. The predicted octanol–water partition coefficient (Wildman–Crippen LogP) is 5.52. The van der Waals surface area contributed by atoms with Crippen LogP contribution in [0.3, 0.4) is 0 Å². The minimum atomic E-state index is -0.143. The van der Waals surface area contributed by atoms with Crippen molar-refractivity contribution in [2.24, 2.45) is 0 Å². The molecule has 1 amide bonds. The normalized spacial score (nSPS) is 11.8. The largest absolute Gasteiger partial charge is 0.336 e. The molecule has 1 N–H and O–H groups in total. The lowest BCUT2D eigenvalue weighted by Gasteiger charge is -2.19. The van der Waals surface area contributed by atoms with Crippen LogP contribution in [0.25, 0.3) is 0 Å². The number of hydrogen-bond acceptors (Lipinski definition) is 2. The smallest absolute Gasteiger partial charge is 0.252 e. The SMILES string of the molecule is Cc1cc(C)cc(S[C@H](NC(=O)c2ccccc2)c2ccccc2)c1. The van der Waals surface area contributed by atoms with Crippen LogP contribution in [0.15, 0.2) is 83.8 Å². The summed E-state index contributed by atoms with van der Waals surface area (Å²) in [5.74, 6) is -0.0636. The molecule has 3 rings (SSSR count). The van der Waals surface area contributed by atoms with E-state index in [9.17, 15) is 4.79 Å². The van der Waals surface area contributed by atoms with Crippen molar-refractivity contribution in [3.8, 4) is 0 Å². The topological polar surface area (TPSA) is 29.1 Å². The van der Waals surface area contributed by atoms with Gasteiger partial charge in [-0.05, 0) is 54.8 Å². The van der Waals surface area contributed by atoms with Crippen LogP contribution in [0.1, 0.15) is 32.4 Å². The first-order valence-electron chi connectivity index (χ1n) is 8.27. The van der Waals surface area contributed by atoms with Crippen molar-refractivity contribution in [3.63, 3.8) is 0 Å². The van der Waals surface area contributed by atoms with Gasteiger partial charge < -0.3 is 5.32 Å². The van der Waals surface area contributed by atoms with Crippen LogP contribution in [0.4, 0.5) is 0 Å². The first-order chi connectivity index (χ1) is 12.1. The van der Waals surface area contributed by atoms with Crippen LogP contribution in [-0.4, -0.2) is 5.91 Å². The number of carbonyl (C=O) groups excluding carboxylic acids is 1. The summed E-state index contributed by atoms with van der Waals surface area (Å²) in [6.45, 7) is 4.19. The van der Waals surface area contributed by atoms with Gasteiger partial charge in [0.25, 0.3) is 5.91 Å². The van der Waals surface area contributed by atoms with E-state index in [1.807, 2.05) is 60.7 Å². The van der Waals surface area contributed by atoms with Crippen LogP contribution < -0.4 is 5.32 Å². The Kier molecular flexibility index (Phi) is 5.56. The van der Waals surface area contributed by atoms with Gasteiger partial charge in [0.2, 0.25) is 0 Å². The predicted molar refractivity (Wildman–Crippen MR) is 105 cm³/mol. The summed E-state index contributed by atoms with van der Waals surface area (Å²) < 4.78 is 0. The number of aryl methyl sites for hydroxylation is 2. The Labute approximate surface area is 153 Å². The highest BCUT2D eigenvalue weighted by atomic mass is 32.2. The Hall–Kier alpha value is -2.52. The number of rotatable bonds is 5. The van der Waals surface area contributed by atoms with E-state index in [0.29, 0.717) is 5.56 Å². The highest BCUT2D eigenvalue weighted by Gasteiger charge is 2.17. The van der Waals surface area contributed by atoms with Crippen LogP contribution in [-0.2, 0) is 0 Å². The van der Waals surface area contributed by atoms with Crippen molar-refractivity contribution >= 4 is 17.7 Å². The lowest BCUT2D eigenvalue weighted by Crippen LogP contribution is -2.26. The molecule has 0 unspecified atom stereocenters. The molecule has 3 aromatic rings. The Morgan fingerprint density at radius 3 is 2.00 bits per heavy atom. The molecule has 0 bridgehead atoms. The maximum atomic E-state index is 12.6. The van der Waals surface area contributed by atoms with Crippen molar-refractivity contribution in [1.82, 2.24) is 5.32 Å². The number of hydrogen-bond donors (Lipinski definition) is 1. The minimum absolute atomic E-state index is 0.0636. The third-order valence-corrected chi connectivity index (χ3v) is 4.98. The van der Waals surface area contributed by atoms with Crippen LogP contribution in [0.2, 0.25) is 0 Å². The lowest BCUT2D eigenvalue weighted by atomic mass is 10.2. The number of nitrogens with one attached hydrogen (secondary N) is 1. The van der Waals surface area contributed by atoms with E-state index in [0.717, 1.165) is 10.5 Å². The Bertz CT molecular complexity index is 826. The van der Waals surface area contributed by atoms with Gasteiger partial charge in [0.15, 0.2) is 0 Å². The van der Waals surface area contributed by atoms with Crippen LogP contribution >= 0.6 is 11.8 Å². The number of amides is 1. The molecule has 126 valence electrons. The average molecular weight is 347 g/mol. The summed E-state index contributed by atoms with van der Waals surface area (Å²) >= 11 is 1.66. The third kappa shape index (κ3) is 4.74. The molecule has 0 fully saturated rings. The van der Waals surface area contributed by atoms with E-state index in [4.69, 9.17) is 0 Å². The zero-order valence-corrected chi connectivity index (χ0v) is 15.2. The molecule has 0 aliphatic carbocycles. The summed E-state index contributed by atoms with van der Waals surface area (Å²) in [7, 11) is 0. The molecule has 0 aliphatic rings. The zero-order valence-electron chi connectivity index (χ0n) is 14.4. The van der Waals surface area contributed by atoms with Crippen molar-refractivity contribution in [2.45, 2.75) is 24.1 Å². The Morgan fingerprint density at radius 2 is 1.40 bits per heavy atom. The fourth-order valence-electron chi connectivity index (χ4n) is 2.74. The maximum absolute atomic E-state index is 12.6. The monoisotopic (exact) mass is 347 g/mol. The Morgan fingerprint density at radius 1 is 0.840 bits per heavy atom. The maximum Gasteiger partial charge on any atom is 0.252 e. The summed E-state index contributed by atoms with van der Waals surface area (Å²) in [5.41, 5.74) is 4.20. The molecular formula is C22H21NOS. The molecule has 0 saturated carbocycles. The highest BCUT2D eigenvalue weighted by molar-refractivity contribution is 7.99. The molecule has 2 nitrogen and oxygen atoms in total. The quantitative estimate of drug-likeness (QED) is 0.486. The molecule has 25 heavy (non-hydrogen) atoms. The zero-order chi connectivity index (χ0) is 17.6. The summed E-state index contributed by atoms with van der Waals surface area (Å²) in [4.78, 5) is 13.8. The van der Waals surface area contributed by atoms with E-state index in [2.05, 4.69) is 37.4 Å². The van der Waals surface area contributed by atoms with E-state index < -0.39 is 0 Å². The van der Waals surface area contributed by atoms with Gasteiger partial charge in [0, 0.05) is 10.5 Å². The van der Waals surface area contributed by atoms with Crippen molar-refractivity contribution in [3.05, 3.63) is 101 Å². The fourth-order valence-corrected chi connectivity index (χ4v) is 3.98. The van der Waals surface area contributed by atoms with Crippen molar-refractivity contribution in [2.75, 3.05) is 0 Å². The van der Waals surface area contributed by atoms with E-state index in [-0.39, 0.29) is 11.3 Å². The van der Waals surface area contributed by atoms with E-state index >= 15 is 0 Å². The van der Waals surface area contributed by atoms with E-state index in [1.165, 1.54) is 11.1 Å². The second-order valence-corrected chi connectivity index (χ2v) is 7.25. The fraction of sp³-hybridized carbons (Fsp3) is 0.136. The van der Waals surface area contributed by atoms with E-state index in [1.54, 1.807) is 11.8 Å². The molecule has 0 spiro atoms.